The van der Waals surface area contributed by atoms with Crippen LogP contribution in [0.15, 0.2) is 24.3 Å². The molecule has 0 aliphatic rings. The molecule has 0 fully saturated rings. The molecule has 0 radical (unpaired) electrons. The van der Waals surface area contributed by atoms with Crippen molar-refractivity contribution >= 4 is 16.8 Å². The molecule has 0 atom stereocenters. The van der Waals surface area contributed by atoms with E-state index in [-0.39, 0.29) is 5.91 Å². The lowest BCUT2D eigenvalue weighted by Gasteiger charge is -2.09. The molecule has 0 saturated heterocycles. The maximum Gasteiger partial charge on any atom is 0.234 e. The number of fused-ring (bicyclic) bond motifs is 1. The average Bonchev–Trinajstić information content (AvgIpc) is 2.69. The first-order chi connectivity index (χ1) is 9.08. The Hall–Kier alpha value is -1.81. The summed E-state index contributed by atoms with van der Waals surface area (Å²) < 4.78 is 0. The first kappa shape index (κ1) is 13.6. The van der Waals surface area contributed by atoms with E-state index in [2.05, 4.69) is 21.7 Å². The minimum atomic E-state index is 0.0263. The molecule has 0 bridgehead atoms. The number of rotatable bonds is 5. The molecule has 0 saturated carbocycles. The van der Waals surface area contributed by atoms with Gasteiger partial charge < -0.3 is 15.6 Å². The quantitative estimate of drug-likeness (QED) is 0.770. The molecule has 0 unspecified atom stereocenters. The van der Waals surface area contributed by atoms with Crippen LogP contribution in [0.4, 0.5) is 0 Å². The number of hydrogen-bond donors (Lipinski definition) is 3. The van der Waals surface area contributed by atoms with Crippen molar-refractivity contribution in [2.75, 3.05) is 6.54 Å². The van der Waals surface area contributed by atoms with Gasteiger partial charge in [0.2, 0.25) is 5.91 Å². The normalized spacial score (nSPS) is 11.2. The third-order valence-electron chi connectivity index (χ3n) is 3.16. The second kappa shape index (κ2) is 5.89. The molecule has 102 valence electrons. The Morgan fingerprint density at radius 1 is 1.32 bits per heavy atom. The zero-order chi connectivity index (χ0) is 13.8. The first-order valence-corrected chi connectivity index (χ1v) is 6.64. The highest BCUT2D eigenvalue weighted by Gasteiger charge is 2.09. The van der Waals surface area contributed by atoms with Crippen LogP contribution in [0.3, 0.4) is 0 Å². The van der Waals surface area contributed by atoms with Crippen LogP contribution >= 0.6 is 0 Å². The molecule has 1 aromatic carbocycles. The van der Waals surface area contributed by atoms with Crippen LogP contribution in [-0.2, 0) is 11.3 Å². The molecule has 0 aliphatic carbocycles. The van der Waals surface area contributed by atoms with E-state index in [4.69, 9.17) is 0 Å². The van der Waals surface area contributed by atoms with Gasteiger partial charge in [-0.3, -0.25) is 4.79 Å². The number of carbonyl (C=O) groups is 1. The lowest BCUT2D eigenvalue weighted by atomic mass is 10.1. The Morgan fingerprint density at radius 3 is 2.79 bits per heavy atom. The number of H-pyrrole nitrogens is 1. The fourth-order valence-electron chi connectivity index (χ4n) is 2.11. The molecule has 4 nitrogen and oxygen atoms in total. The second-order valence-electron chi connectivity index (χ2n) is 5.09. The van der Waals surface area contributed by atoms with Crippen LogP contribution < -0.4 is 10.6 Å². The summed E-state index contributed by atoms with van der Waals surface area (Å²) in [5.41, 5.74) is 3.39. The lowest BCUT2D eigenvalue weighted by Crippen LogP contribution is -2.36. The van der Waals surface area contributed by atoms with Gasteiger partial charge >= 0.3 is 0 Å². The third kappa shape index (κ3) is 3.35. The van der Waals surface area contributed by atoms with Crippen LogP contribution in [0.1, 0.15) is 25.1 Å². The maximum atomic E-state index is 11.7. The molecule has 1 aromatic heterocycles. The maximum absolute atomic E-state index is 11.7. The van der Waals surface area contributed by atoms with Crippen LogP contribution in [0.25, 0.3) is 10.9 Å². The van der Waals surface area contributed by atoms with Crippen LogP contribution in [0, 0.1) is 6.92 Å². The van der Waals surface area contributed by atoms with Crippen molar-refractivity contribution < 1.29 is 4.79 Å². The van der Waals surface area contributed by atoms with E-state index in [1.807, 2.05) is 39.0 Å². The minimum absolute atomic E-state index is 0.0263. The van der Waals surface area contributed by atoms with Gasteiger partial charge in [0, 0.05) is 29.2 Å². The smallest absolute Gasteiger partial charge is 0.234 e. The zero-order valence-corrected chi connectivity index (χ0v) is 11.7. The number of aromatic nitrogens is 1. The predicted octanol–water partition coefficient (Wildman–Crippen LogP) is 2.09. The summed E-state index contributed by atoms with van der Waals surface area (Å²) in [6.45, 7) is 7.01. The van der Waals surface area contributed by atoms with Gasteiger partial charge in [0.15, 0.2) is 0 Å². The molecular formula is C15H21N3O. The number of para-hydroxylation sites is 1. The lowest BCUT2D eigenvalue weighted by molar-refractivity contribution is -0.120. The molecule has 0 aliphatic heterocycles. The Kier molecular flexibility index (Phi) is 4.22. The van der Waals surface area contributed by atoms with Crippen LogP contribution in [-0.4, -0.2) is 23.5 Å². The molecule has 4 heteroatoms. The highest BCUT2D eigenvalue weighted by atomic mass is 16.1. The number of hydrogen-bond acceptors (Lipinski definition) is 2. The summed E-state index contributed by atoms with van der Waals surface area (Å²) in [6, 6.07) is 8.47. The zero-order valence-electron chi connectivity index (χ0n) is 11.7. The molecular weight excluding hydrogens is 238 g/mol. The van der Waals surface area contributed by atoms with Crippen LogP contribution in [0.5, 0.6) is 0 Å². The summed E-state index contributed by atoms with van der Waals surface area (Å²) in [5.74, 6) is 0.0263. The van der Waals surface area contributed by atoms with Gasteiger partial charge in [0.1, 0.15) is 0 Å². The van der Waals surface area contributed by atoms with Crippen molar-refractivity contribution in [3.8, 4) is 0 Å². The number of benzene rings is 1. The van der Waals surface area contributed by atoms with Gasteiger partial charge in [-0.25, -0.2) is 0 Å². The molecule has 1 heterocycles. The van der Waals surface area contributed by atoms with Crippen LogP contribution in [0.2, 0.25) is 0 Å². The fourth-order valence-corrected chi connectivity index (χ4v) is 2.11. The standard InChI is InChI=1S/C15H21N3O/c1-10(2)16-9-15(19)17-8-13-11(3)18-14-7-5-4-6-12(13)14/h4-7,10,16,18H,8-9H2,1-3H3,(H,17,19). The summed E-state index contributed by atoms with van der Waals surface area (Å²) in [4.78, 5) is 15.0. The summed E-state index contributed by atoms with van der Waals surface area (Å²) in [6.07, 6.45) is 0. The van der Waals surface area contributed by atoms with Crippen molar-refractivity contribution in [3.63, 3.8) is 0 Å². The molecule has 19 heavy (non-hydrogen) atoms. The largest absolute Gasteiger partial charge is 0.358 e. The van der Waals surface area contributed by atoms with Crippen molar-refractivity contribution in [2.45, 2.75) is 33.4 Å². The Bertz CT molecular complexity index is 572. The highest BCUT2D eigenvalue weighted by Crippen LogP contribution is 2.21. The van der Waals surface area contributed by atoms with Crippen molar-refractivity contribution in [1.29, 1.82) is 0 Å². The number of amides is 1. The van der Waals surface area contributed by atoms with E-state index in [1.54, 1.807) is 0 Å². The number of carbonyl (C=O) groups excluding carboxylic acids is 1. The predicted molar refractivity (Wildman–Crippen MR) is 78.0 cm³/mol. The fraction of sp³-hybridized carbons (Fsp3) is 0.400. The van der Waals surface area contributed by atoms with Gasteiger partial charge in [-0.05, 0) is 18.6 Å². The van der Waals surface area contributed by atoms with Crippen molar-refractivity contribution in [2.24, 2.45) is 0 Å². The second-order valence-corrected chi connectivity index (χ2v) is 5.09. The van der Waals surface area contributed by atoms with E-state index < -0.39 is 0 Å². The van der Waals surface area contributed by atoms with Gasteiger partial charge in [0.25, 0.3) is 0 Å². The molecule has 0 spiro atoms. The van der Waals surface area contributed by atoms with Gasteiger partial charge in [-0.15, -0.1) is 0 Å². The summed E-state index contributed by atoms with van der Waals surface area (Å²) in [7, 11) is 0. The Balaban J connectivity index is 2.01. The monoisotopic (exact) mass is 259 g/mol. The van der Waals surface area contributed by atoms with E-state index in [0.717, 1.165) is 16.8 Å². The molecule has 1 amide bonds. The average molecular weight is 259 g/mol. The van der Waals surface area contributed by atoms with E-state index in [0.29, 0.717) is 19.1 Å². The number of nitrogens with one attached hydrogen (secondary N) is 3. The topological polar surface area (TPSA) is 56.9 Å². The summed E-state index contributed by atoms with van der Waals surface area (Å²) >= 11 is 0. The molecule has 3 N–H and O–H groups in total. The number of aryl methyl sites for hydroxylation is 1. The van der Waals surface area contributed by atoms with Gasteiger partial charge in [-0.1, -0.05) is 32.0 Å². The SMILES string of the molecule is Cc1[nH]c2ccccc2c1CNC(=O)CNC(C)C. The minimum Gasteiger partial charge on any atom is -0.358 e. The molecule has 2 rings (SSSR count). The van der Waals surface area contributed by atoms with E-state index in [9.17, 15) is 4.79 Å². The Labute approximate surface area is 113 Å². The highest BCUT2D eigenvalue weighted by molar-refractivity contribution is 5.85. The molecule has 2 aromatic rings. The Morgan fingerprint density at radius 2 is 2.05 bits per heavy atom. The van der Waals surface area contributed by atoms with E-state index >= 15 is 0 Å². The van der Waals surface area contributed by atoms with Crippen molar-refractivity contribution in [1.82, 2.24) is 15.6 Å². The number of aromatic amines is 1. The van der Waals surface area contributed by atoms with Gasteiger partial charge in [-0.2, -0.15) is 0 Å². The third-order valence-corrected chi connectivity index (χ3v) is 3.16. The van der Waals surface area contributed by atoms with E-state index in [1.165, 1.54) is 5.39 Å². The van der Waals surface area contributed by atoms with Crippen molar-refractivity contribution in [3.05, 3.63) is 35.5 Å². The van der Waals surface area contributed by atoms with Gasteiger partial charge in [0.05, 0.1) is 6.54 Å². The summed E-state index contributed by atoms with van der Waals surface area (Å²) in [5, 5.41) is 7.24. The first-order valence-electron chi connectivity index (χ1n) is 6.64.